The van der Waals surface area contributed by atoms with Crippen molar-refractivity contribution in [3.05, 3.63) is 84.1 Å². The van der Waals surface area contributed by atoms with Gasteiger partial charge in [0, 0.05) is 29.3 Å². The fourth-order valence-corrected chi connectivity index (χ4v) is 3.60. The lowest BCUT2D eigenvalue weighted by Crippen LogP contribution is -1.98. The number of carbonyl (C=O) groups is 1. The molecule has 1 heterocycles. The van der Waals surface area contributed by atoms with E-state index in [0.29, 0.717) is 17.9 Å². The average Bonchev–Trinajstić information content (AvgIpc) is 3.17. The predicted octanol–water partition coefficient (Wildman–Crippen LogP) is 5.73. The van der Waals surface area contributed by atoms with E-state index in [1.165, 1.54) is 0 Å². The molecule has 0 N–H and O–H groups in total. The summed E-state index contributed by atoms with van der Waals surface area (Å²) in [5.41, 5.74) is 4.77. The minimum absolute atomic E-state index is 0.438. The van der Waals surface area contributed by atoms with Crippen LogP contribution in [0.15, 0.2) is 72.9 Å². The third kappa shape index (κ3) is 3.74. The largest absolute Gasteiger partial charge is 0.497 e. The van der Waals surface area contributed by atoms with Crippen molar-refractivity contribution in [3.63, 3.8) is 0 Å². The molecule has 4 aromatic rings. The molecule has 0 unspecified atom stereocenters. The lowest BCUT2D eigenvalue weighted by atomic mass is 10.0. The summed E-state index contributed by atoms with van der Waals surface area (Å²) in [6.45, 7) is 3.32. The van der Waals surface area contributed by atoms with E-state index in [9.17, 15) is 4.79 Å². The molecule has 0 amide bonds. The molecule has 0 bridgehead atoms. The maximum atomic E-state index is 11.6. The SMILES string of the molecule is CCn1cc(-c2cccc(OC)c2)c2c(OCc3ccccc3)cc(C=O)cc21. The number of carbonyl (C=O) groups excluding carboxylic acids is 1. The van der Waals surface area contributed by atoms with Crippen molar-refractivity contribution in [2.75, 3.05) is 7.11 Å². The zero-order chi connectivity index (χ0) is 20.2. The van der Waals surface area contributed by atoms with Crippen molar-refractivity contribution >= 4 is 17.2 Å². The third-order valence-corrected chi connectivity index (χ3v) is 5.06. The van der Waals surface area contributed by atoms with Crippen LogP contribution in [0.3, 0.4) is 0 Å². The molecule has 4 heteroatoms. The van der Waals surface area contributed by atoms with E-state index in [0.717, 1.165) is 46.2 Å². The molecule has 0 aliphatic rings. The molecule has 29 heavy (non-hydrogen) atoms. The Hall–Kier alpha value is -3.53. The number of aromatic nitrogens is 1. The molecule has 0 saturated heterocycles. The van der Waals surface area contributed by atoms with Crippen LogP contribution in [0.5, 0.6) is 11.5 Å². The van der Waals surface area contributed by atoms with E-state index in [1.807, 2.05) is 60.7 Å². The fourth-order valence-electron chi connectivity index (χ4n) is 3.60. The fraction of sp³-hybridized carbons (Fsp3) is 0.160. The van der Waals surface area contributed by atoms with Gasteiger partial charge in [-0.3, -0.25) is 4.79 Å². The standard InChI is InChI=1S/C25H23NO3/c1-3-26-15-22(20-10-7-11-21(14-20)28-2)25-23(26)12-19(16-27)13-24(25)29-17-18-8-5-4-6-9-18/h4-16H,3,17H2,1-2H3. The van der Waals surface area contributed by atoms with E-state index in [4.69, 9.17) is 9.47 Å². The Balaban J connectivity index is 1.88. The number of methoxy groups -OCH3 is 1. The van der Waals surface area contributed by atoms with E-state index in [2.05, 4.69) is 23.8 Å². The molecule has 0 spiro atoms. The van der Waals surface area contributed by atoms with Crippen LogP contribution in [0, 0.1) is 0 Å². The van der Waals surface area contributed by atoms with Crippen LogP contribution in [0.2, 0.25) is 0 Å². The monoisotopic (exact) mass is 385 g/mol. The lowest BCUT2D eigenvalue weighted by Gasteiger charge is -2.11. The van der Waals surface area contributed by atoms with Gasteiger partial charge in [0.25, 0.3) is 0 Å². The summed E-state index contributed by atoms with van der Waals surface area (Å²) >= 11 is 0. The smallest absolute Gasteiger partial charge is 0.150 e. The number of hydrogen-bond acceptors (Lipinski definition) is 3. The van der Waals surface area contributed by atoms with Gasteiger partial charge >= 0.3 is 0 Å². The van der Waals surface area contributed by atoms with Gasteiger partial charge in [-0.1, -0.05) is 42.5 Å². The minimum Gasteiger partial charge on any atom is -0.497 e. The second-order valence-corrected chi connectivity index (χ2v) is 6.87. The van der Waals surface area contributed by atoms with Crippen LogP contribution in [0.25, 0.3) is 22.0 Å². The second-order valence-electron chi connectivity index (χ2n) is 6.87. The number of benzene rings is 3. The minimum atomic E-state index is 0.438. The zero-order valence-corrected chi connectivity index (χ0v) is 16.6. The van der Waals surface area contributed by atoms with E-state index in [-0.39, 0.29) is 0 Å². The van der Waals surface area contributed by atoms with Gasteiger partial charge in [0.05, 0.1) is 12.6 Å². The molecule has 0 fully saturated rings. The Kier molecular flexibility index (Phi) is 5.34. The number of aryl methyl sites for hydroxylation is 1. The molecule has 0 radical (unpaired) electrons. The maximum absolute atomic E-state index is 11.6. The topological polar surface area (TPSA) is 40.5 Å². The first-order chi connectivity index (χ1) is 14.2. The normalized spacial score (nSPS) is 10.8. The molecule has 4 rings (SSSR count). The number of fused-ring (bicyclic) bond motifs is 1. The summed E-state index contributed by atoms with van der Waals surface area (Å²) in [7, 11) is 1.67. The molecule has 4 nitrogen and oxygen atoms in total. The summed E-state index contributed by atoms with van der Waals surface area (Å²) in [4.78, 5) is 11.6. The number of ether oxygens (including phenoxy) is 2. The van der Waals surface area contributed by atoms with Gasteiger partial charge in [-0.2, -0.15) is 0 Å². The van der Waals surface area contributed by atoms with Crippen molar-refractivity contribution in [1.29, 1.82) is 0 Å². The van der Waals surface area contributed by atoms with Crippen LogP contribution in [-0.2, 0) is 13.2 Å². The average molecular weight is 385 g/mol. The molecule has 0 aliphatic carbocycles. The lowest BCUT2D eigenvalue weighted by molar-refractivity contribution is 0.112. The Morgan fingerprint density at radius 3 is 2.55 bits per heavy atom. The van der Waals surface area contributed by atoms with Crippen LogP contribution >= 0.6 is 0 Å². The number of hydrogen-bond donors (Lipinski definition) is 0. The molecule has 1 aromatic heterocycles. The Morgan fingerprint density at radius 1 is 1.00 bits per heavy atom. The van der Waals surface area contributed by atoms with Crippen molar-refractivity contribution in [2.45, 2.75) is 20.1 Å². The van der Waals surface area contributed by atoms with Crippen molar-refractivity contribution in [2.24, 2.45) is 0 Å². The van der Waals surface area contributed by atoms with E-state index < -0.39 is 0 Å². The molecular formula is C25H23NO3. The molecule has 0 saturated carbocycles. The summed E-state index contributed by atoms with van der Waals surface area (Å²) in [6, 6.07) is 21.8. The van der Waals surface area contributed by atoms with Crippen LogP contribution in [-0.4, -0.2) is 18.0 Å². The highest BCUT2D eigenvalue weighted by Gasteiger charge is 2.17. The van der Waals surface area contributed by atoms with Gasteiger partial charge in [0.15, 0.2) is 0 Å². The number of rotatable bonds is 7. The summed E-state index contributed by atoms with van der Waals surface area (Å²) in [5, 5.41) is 1.00. The maximum Gasteiger partial charge on any atom is 0.150 e. The van der Waals surface area contributed by atoms with Gasteiger partial charge < -0.3 is 14.0 Å². The van der Waals surface area contributed by atoms with Gasteiger partial charge in [-0.25, -0.2) is 0 Å². The highest BCUT2D eigenvalue weighted by atomic mass is 16.5. The van der Waals surface area contributed by atoms with Gasteiger partial charge in [0.2, 0.25) is 0 Å². The quantitative estimate of drug-likeness (QED) is 0.382. The highest BCUT2D eigenvalue weighted by Crippen LogP contribution is 2.39. The molecule has 0 atom stereocenters. The third-order valence-electron chi connectivity index (χ3n) is 5.06. The first-order valence-electron chi connectivity index (χ1n) is 9.66. The number of aldehydes is 1. The molecule has 0 aliphatic heterocycles. The van der Waals surface area contributed by atoms with Gasteiger partial charge in [-0.15, -0.1) is 0 Å². The van der Waals surface area contributed by atoms with Crippen molar-refractivity contribution < 1.29 is 14.3 Å². The van der Waals surface area contributed by atoms with Crippen molar-refractivity contribution in [1.82, 2.24) is 4.57 Å². The Bertz CT molecular complexity index is 1150. The predicted molar refractivity (Wildman–Crippen MR) is 116 cm³/mol. The number of nitrogens with zero attached hydrogens (tertiary/aromatic N) is 1. The Labute approximate surface area is 170 Å². The van der Waals surface area contributed by atoms with Crippen LogP contribution in [0.1, 0.15) is 22.8 Å². The highest BCUT2D eigenvalue weighted by molar-refractivity contribution is 6.03. The van der Waals surface area contributed by atoms with Crippen molar-refractivity contribution in [3.8, 4) is 22.6 Å². The Morgan fingerprint density at radius 2 is 1.83 bits per heavy atom. The molecule has 146 valence electrons. The first kappa shape index (κ1) is 18.8. The van der Waals surface area contributed by atoms with E-state index in [1.54, 1.807) is 7.11 Å². The summed E-state index contributed by atoms with van der Waals surface area (Å²) < 4.78 is 13.8. The molecular weight excluding hydrogens is 362 g/mol. The second kappa shape index (κ2) is 8.23. The van der Waals surface area contributed by atoms with E-state index >= 15 is 0 Å². The summed E-state index contributed by atoms with van der Waals surface area (Å²) in [5.74, 6) is 1.51. The zero-order valence-electron chi connectivity index (χ0n) is 16.6. The van der Waals surface area contributed by atoms with Crippen LogP contribution < -0.4 is 9.47 Å². The first-order valence-corrected chi connectivity index (χ1v) is 9.66. The van der Waals surface area contributed by atoms with Gasteiger partial charge in [-0.05, 0) is 42.3 Å². The summed E-state index contributed by atoms with van der Waals surface area (Å²) in [6.07, 6.45) is 2.98. The van der Waals surface area contributed by atoms with Crippen LogP contribution in [0.4, 0.5) is 0 Å². The van der Waals surface area contributed by atoms with Gasteiger partial charge in [0.1, 0.15) is 24.4 Å². The molecule has 3 aromatic carbocycles.